The molecule has 1 unspecified atom stereocenters. The summed E-state index contributed by atoms with van der Waals surface area (Å²) in [5, 5.41) is 12.5. The predicted octanol–water partition coefficient (Wildman–Crippen LogP) is 2.48. The first kappa shape index (κ1) is 14.5. The minimum atomic E-state index is -0.156. The van der Waals surface area contributed by atoms with Crippen molar-refractivity contribution in [3.8, 4) is 0 Å². The Bertz CT molecular complexity index is 249. The highest BCUT2D eigenvalue weighted by Gasteiger charge is 2.25. The number of hydrogen-bond donors (Lipinski definition) is 2. The summed E-state index contributed by atoms with van der Waals surface area (Å²) >= 11 is 0. The van der Waals surface area contributed by atoms with Crippen molar-refractivity contribution in [1.29, 1.82) is 0 Å². The largest absolute Gasteiger partial charge is 0.393 e. The van der Waals surface area contributed by atoms with E-state index in [0.29, 0.717) is 12.3 Å². The summed E-state index contributed by atoms with van der Waals surface area (Å²) in [5.74, 6) is 0.547. The molecular formula is C14H27NO2. The minimum absolute atomic E-state index is 0.156. The van der Waals surface area contributed by atoms with E-state index in [1.165, 1.54) is 0 Å². The van der Waals surface area contributed by atoms with E-state index in [1.54, 1.807) is 0 Å². The summed E-state index contributed by atoms with van der Waals surface area (Å²) in [6.07, 6.45) is 3.91. The van der Waals surface area contributed by atoms with Crippen molar-refractivity contribution in [3.63, 3.8) is 0 Å². The summed E-state index contributed by atoms with van der Waals surface area (Å²) in [7, 11) is 0. The molecule has 3 nitrogen and oxygen atoms in total. The fraction of sp³-hybridized carbons (Fsp3) is 0.929. The molecule has 0 aliphatic heterocycles. The van der Waals surface area contributed by atoms with E-state index >= 15 is 0 Å². The van der Waals surface area contributed by atoms with Crippen LogP contribution in [0.5, 0.6) is 0 Å². The second kappa shape index (κ2) is 5.85. The first-order valence-electron chi connectivity index (χ1n) is 6.76. The lowest BCUT2D eigenvalue weighted by Crippen LogP contribution is -2.39. The highest BCUT2D eigenvalue weighted by Crippen LogP contribution is 2.28. The van der Waals surface area contributed by atoms with Gasteiger partial charge in [-0.1, -0.05) is 27.7 Å². The van der Waals surface area contributed by atoms with E-state index in [4.69, 9.17) is 0 Å². The molecule has 1 atom stereocenters. The number of nitrogens with one attached hydrogen (secondary N) is 1. The van der Waals surface area contributed by atoms with E-state index in [9.17, 15) is 9.90 Å². The van der Waals surface area contributed by atoms with Crippen LogP contribution in [-0.4, -0.2) is 23.2 Å². The molecule has 0 spiro atoms. The average Bonchev–Trinajstić information content (AvgIpc) is 2.20. The van der Waals surface area contributed by atoms with Crippen molar-refractivity contribution in [1.82, 2.24) is 5.32 Å². The third kappa shape index (κ3) is 5.07. The lowest BCUT2D eigenvalue weighted by Gasteiger charge is -2.29. The number of rotatable bonds is 3. The van der Waals surface area contributed by atoms with Gasteiger partial charge in [0.2, 0.25) is 5.91 Å². The van der Waals surface area contributed by atoms with Crippen LogP contribution in [0.3, 0.4) is 0 Å². The van der Waals surface area contributed by atoms with Crippen LogP contribution in [0.4, 0.5) is 0 Å². The first-order valence-corrected chi connectivity index (χ1v) is 6.76. The highest BCUT2D eigenvalue weighted by atomic mass is 16.3. The van der Waals surface area contributed by atoms with Gasteiger partial charge in [0.15, 0.2) is 0 Å². The van der Waals surface area contributed by atoms with E-state index in [1.807, 2.05) is 0 Å². The fourth-order valence-electron chi connectivity index (χ4n) is 2.09. The summed E-state index contributed by atoms with van der Waals surface area (Å²) in [6.45, 7) is 8.63. The molecule has 1 fully saturated rings. The van der Waals surface area contributed by atoms with Crippen molar-refractivity contribution in [2.75, 3.05) is 0 Å². The van der Waals surface area contributed by atoms with Crippen LogP contribution < -0.4 is 5.32 Å². The molecule has 0 aromatic carbocycles. The molecule has 0 bridgehead atoms. The van der Waals surface area contributed by atoms with E-state index < -0.39 is 0 Å². The summed E-state index contributed by atoms with van der Waals surface area (Å²) in [5.41, 5.74) is 0.181. The van der Waals surface area contributed by atoms with Crippen LogP contribution in [0.25, 0.3) is 0 Å². The molecule has 3 heteroatoms. The molecule has 100 valence electrons. The Morgan fingerprint density at radius 2 is 1.82 bits per heavy atom. The number of carbonyl (C=O) groups excluding carboxylic acids is 1. The van der Waals surface area contributed by atoms with Crippen LogP contribution in [0.15, 0.2) is 0 Å². The van der Waals surface area contributed by atoms with Crippen LogP contribution in [0.1, 0.15) is 59.8 Å². The zero-order valence-electron chi connectivity index (χ0n) is 11.6. The molecule has 0 saturated heterocycles. The molecule has 0 heterocycles. The molecule has 0 aromatic rings. The second-order valence-electron chi connectivity index (χ2n) is 6.54. The summed E-state index contributed by atoms with van der Waals surface area (Å²) in [4.78, 5) is 11.9. The molecule has 0 aromatic heterocycles. The maximum atomic E-state index is 11.9. The molecule has 17 heavy (non-hydrogen) atoms. The minimum Gasteiger partial charge on any atom is -0.393 e. The first-order chi connectivity index (χ1) is 7.79. The molecule has 0 radical (unpaired) electrons. The van der Waals surface area contributed by atoms with Crippen LogP contribution >= 0.6 is 0 Å². The highest BCUT2D eigenvalue weighted by molar-refractivity contribution is 5.76. The second-order valence-corrected chi connectivity index (χ2v) is 6.54. The maximum Gasteiger partial charge on any atom is 0.220 e. The molecular weight excluding hydrogens is 214 g/mol. The normalized spacial score (nSPS) is 27.6. The van der Waals surface area contributed by atoms with Gasteiger partial charge in [-0.3, -0.25) is 4.79 Å². The van der Waals surface area contributed by atoms with Crippen molar-refractivity contribution in [2.45, 2.75) is 71.9 Å². The number of hydrogen-bond acceptors (Lipinski definition) is 2. The van der Waals surface area contributed by atoms with Gasteiger partial charge in [0.05, 0.1) is 6.10 Å². The fourth-order valence-corrected chi connectivity index (χ4v) is 2.09. The van der Waals surface area contributed by atoms with Gasteiger partial charge in [0.1, 0.15) is 0 Å². The molecule has 1 aliphatic carbocycles. The lowest BCUT2D eigenvalue weighted by molar-refractivity contribution is -0.123. The zero-order valence-corrected chi connectivity index (χ0v) is 11.6. The van der Waals surface area contributed by atoms with E-state index in [-0.39, 0.29) is 23.5 Å². The van der Waals surface area contributed by atoms with Gasteiger partial charge < -0.3 is 10.4 Å². The number of aliphatic hydroxyl groups excluding tert-OH is 1. The van der Waals surface area contributed by atoms with Crippen molar-refractivity contribution >= 4 is 5.91 Å². The Labute approximate surface area is 105 Å². The topological polar surface area (TPSA) is 49.3 Å². The Morgan fingerprint density at radius 3 is 2.29 bits per heavy atom. The number of aliphatic hydroxyl groups is 1. The third-order valence-corrected chi connectivity index (χ3v) is 4.03. The lowest BCUT2D eigenvalue weighted by atomic mass is 9.80. The quantitative estimate of drug-likeness (QED) is 0.797. The Balaban J connectivity index is 2.30. The van der Waals surface area contributed by atoms with Gasteiger partial charge in [0.25, 0.3) is 0 Å². The SMILES string of the molecule is CC(CC(=O)NC1CCC(O)CC1)C(C)(C)C. The number of amides is 1. The van der Waals surface area contributed by atoms with Crippen molar-refractivity contribution < 1.29 is 9.90 Å². The smallest absolute Gasteiger partial charge is 0.220 e. The molecule has 1 amide bonds. The number of carbonyl (C=O) groups is 1. The van der Waals surface area contributed by atoms with Gasteiger partial charge >= 0.3 is 0 Å². The van der Waals surface area contributed by atoms with Crippen molar-refractivity contribution in [3.05, 3.63) is 0 Å². The van der Waals surface area contributed by atoms with Gasteiger partial charge in [0, 0.05) is 12.5 Å². The Morgan fingerprint density at radius 1 is 1.29 bits per heavy atom. The molecule has 1 saturated carbocycles. The van der Waals surface area contributed by atoms with Gasteiger partial charge in [-0.15, -0.1) is 0 Å². The monoisotopic (exact) mass is 241 g/mol. The van der Waals surface area contributed by atoms with Gasteiger partial charge in [-0.25, -0.2) is 0 Å². The Hall–Kier alpha value is -0.570. The third-order valence-electron chi connectivity index (χ3n) is 4.03. The van der Waals surface area contributed by atoms with Crippen molar-refractivity contribution in [2.24, 2.45) is 11.3 Å². The van der Waals surface area contributed by atoms with Crippen LogP contribution in [0, 0.1) is 11.3 Å². The van der Waals surface area contributed by atoms with E-state index in [0.717, 1.165) is 25.7 Å². The van der Waals surface area contributed by atoms with Gasteiger partial charge in [-0.05, 0) is 37.0 Å². The molecule has 1 rings (SSSR count). The summed E-state index contributed by atoms with van der Waals surface area (Å²) in [6, 6.07) is 0.276. The van der Waals surface area contributed by atoms with Crippen LogP contribution in [0.2, 0.25) is 0 Å². The van der Waals surface area contributed by atoms with Gasteiger partial charge in [-0.2, -0.15) is 0 Å². The molecule has 1 aliphatic rings. The maximum absolute atomic E-state index is 11.9. The summed E-state index contributed by atoms with van der Waals surface area (Å²) < 4.78 is 0. The predicted molar refractivity (Wildman–Crippen MR) is 69.6 cm³/mol. The standard InChI is InChI=1S/C14H27NO2/c1-10(14(2,3)4)9-13(17)15-11-5-7-12(16)8-6-11/h10-12,16H,5-9H2,1-4H3,(H,15,17). The zero-order chi connectivity index (χ0) is 13.1. The average molecular weight is 241 g/mol. The van der Waals surface area contributed by atoms with E-state index in [2.05, 4.69) is 33.0 Å². The Kier molecular flexibility index (Phi) is 4.99. The molecule has 2 N–H and O–H groups in total. The van der Waals surface area contributed by atoms with Crippen LogP contribution in [-0.2, 0) is 4.79 Å².